The first-order chi connectivity index (χ1) is 13.0. The number of fused-ring (bicyclic) bond motifs is 1. The fourth-order valence-corrected chi connectivity index (χ4v) is 3.99. The van der Waals surface area contributed by atoms with Crippen molar-refractivity contribution in [1.82, 2.24) is 9.55 Å². The lowest BCUT2D eigenvalue weighted by molar-refractivity contribution is 0.190. The number of aryl methyl sites for hydroxylation is 2. The van der Waals surface area contributed by atoms with Gasteiger partial charge in [-0.2, -0.15) is 5.10 Å². The molecule has 0 radical (unpaired) electrons. The van der Waals surface area contributed by atoms with E-state index in [1.807, 2.05) is 25.1 Å². The third-order valence-corrected chi connectivity index (χ3v) is 5.31. The molecule has 0 spiro atoms. The van der Waals surface area contributed by atoms with Gasteiger partial charge in [0.15, 0.2) is 0 Å². The van der Waals surface area contributed by atoms with Crippen LogP contribution in [0.1, 0.15) is 28.7 Å². The fourth-order valence-electron chi connectivity index (χ4n) is 3.01. The number of anilines is 1. The van der Waals surface area contributed by atoms with Crippen LogP contribution in [0.4, 0.5) is 5.95 Å². The summed E-state index contributed by atoms with van der Waals surface area (Å²) in [6.45, 7) is 7.21. The minimum Gasteiger partial charge on any atom is -0.385 e. The number of hydrazone groups is 1. The molecule has 7 heteroatoms. The Balaban J connectivity index is 1.98. The van der Waals surface area contributed by atoms with Gasteiger partial charge in [0.2, 0.25) is 5.95 Å². The summed E-state index contributed by atoms with van der Waals surface area (Å²) in [6, 6.07) is 9.49. The summed E-state index contributed by atoms with van der Waals surface area (Å²) in [5.41, 5.74) is 5.57. The molecule has 0 aliphatic heterocycles. The van der Waals surface area contributed by atoms with E-state index < -0.39 is 0 Å². The van der Waals surface area contributed by atoms with E-state index in [1.54, 1.807) is 29.1 Å². The highest BCUT2D eigenvalue weighted by Gasteiger charge is 2.11. The molecular formula is C20H24N4O2S. The molecule has 1 N–H and O–H groups in total. The molecular weight excluding hydrogens is 360 g/mol. The molecule has 3 aromatic rings. The van der Waals surface area contributed by atoms with Crippen molar-refractivity contribution in [3.63, 3.8) is 0 Å². The highest BCUT2D eigenvalue weighted by molar-refractivity contribution is 7.12. The van der Waals surface area contributed by atoms with E-state index in [1.165, 1.54) is 9.75 Å². The van der Waals surface area contributed by atoms with Gasteiger partial charge in [-0.25, -0.2) is 10.4 Å². The van der Waals surface area contributed by atoms with E-state index >= 15 is 0 Å². The lowest BCUT2D eigenvalue weighted by atomic mass is 10.2. The molecule has 0 aliphatic carbocycles. The summed E-state index contributed by atoms with van der Waals surface area (Å²) < 4.78 is 6.75. The Labute approximate surface area is 162 Å². The van der Waals surface area contributed by atoms with Gasteiger partial charge in [0.05, 0.1) is 16.6 Å². The Morgan fingerprint density at radius 1 is 1.33 bits per heavy atom. The van der Waals surface area contributed by atoms with Gasteiger partial charge in [-0.15, -0.1) is 11.3 Å². The summed E-state index contributed by atoms with van der Waals surface area (Å²) in [4.78, 5) is 20.0. The van der Waals surface area contributed by atoms with Gasteiger partial charge in [0.25, 0.3) is 5.56 Å². The zero-order chi connectivity index (χ0) is 19.4. The summed E-state index contributed by atoms with van der Waals surface area (Å²) in [6.07, 6.45) is 0.719. The van der Waals surface area contributed by atoms with Gasteiger partial charge in [0.1, 0.15) is 0 Å². The van der Waals surface area contributed by atoms with Gasteiger partial charge >= 0.3 is 0 Å². The molecule has 0 bridgehead atoms. The summed E-state index contributed by atoms with van der Waals surface area (Å²) in [5, 5.41) is 5.10. The number of ether oxygens (including phenoxy) is 1. The van der Waals surface area contributed by atoms with E-state index in [4.69, 9.17) is 4.74 Å². The molecule has 0 aliphatic rings. The number of hydrogen-bond acceptors (Lipinski definition) is 6. The van der Waals surface area contributed by atoms with Crippen molar-refractivity contribution in [1.29, 1.82) is 0 Å². The zero-order valence-electron chi connectivity index (χ0n) is 16.1. The predicted molar refractivity (Wildman–Crippen MR) is 112 cm³/mol. The molecule has 0 saturated carbocycles. The molecule has 0 atom stereocenters. The Morgan fingerprint density at radius 2 is 2.11 bits per heavy atom. The smallest absolute Gasteiger partial charge is 0.262 e. The predicted octanol–water partition coefficient (Wildman–Crippen LogP) is 3.95. The summed E-state index contributed by atoms with van der Waals surface area (Å²) in [7, 11) is 1.65. The van der Waals surface area contributed by atoms with Crippen molar-refractivity contribution in [3.8, 4) is 0 Å². The topological polar surface area (TPSA) is 68.5 Å². The average Bonchev–Trinajstić information content (AvgIpc) is 3.00. The number of methoxy groups -OCH3 is 1. The molecule has 0 unspecified atom stereocenters. The highest BCUT2D eigenvalue weighted by Crippen LogP contribution is 2.21. The summed E-state index contributed by atoms with van der Waals surface area (Å²) in [5.74, 6) is 0.443. The molecule has 142 valence electrons. The van der Waals surface area contributed by atoms with Crippen LogP contribution in [-0.2, 0) is 11.3 Å². The normalized spacial score (nSPS) is 11.9. The minimum atomic E-state index is -0.0744. The van der Waals surface area contributed by atoms with Gasteiger partial charge < -0.3 is 4.74 Å². The number of rotatable bonds is 7. The van der Waals surface area contributed by atoms with E-state index in [0.717, 1.165) is 17.7 Å². The average molecular weight is 385 g/mol. The molecule has 0 amide bonds. The van der Waals surface area contributed by atoms with Crippen LogP contribution >= 0.6 is 11.3 Å². The van der Waals surface area contributed by atoms with Crippen LogP contribution in [-0.4, -0.2) is 29.0 Å². The minimum absolute atomic E-state index is 0.0744. The van der Waals surface area contributed by atoms with Crippen molar-refractivity contribution in [2.45, 2.75) is 33.7 Å². The maximum absolute atomic E-state index is 12.9. The Bertz CT molecular complexity index is 1040. The largest absolute Gasteiger partial charge is 0.385 e. The Hall–Kier alpha value is -2.51. The second-order valence-corrected chi connectivity index (χ2v) is 7.85. The Kier molecular flexibility index (Phi) is 6.03. The van der Waals surface area contributed by atoms with E-state index in [2.05, 4.69) is 35.4 Å². The first kappa shape index (κ1) is 19.3. The number of para-hydroxylation sites is 1. The number of aromatic nitrogens is 2. The zero-order valence-corrected chi connectivity index (χ0v) is 16.9. The first-order valence-corrected chi connectivity index (χ1v) is 9.69. The SMILES string of the molecule is COCCCn1c(N/N=C(/C)c2cc(C)sc2C)nc2ccccc2c1=O. The molecule has 27 heavy (non-hydrogen) atoms. The van der Waals surface area contributed by atoms with Gasteiger partial charge in [-0.3, -0.25) is 9.36 Å². The van der Waals surface area contributed by atoms with Crippen molar-refractivity contribution in [2.75, 3.05) is 19.1 Å². The van der Waals surface area contributed by atoms with Crippen molar-refractivity contribution >= 4 is 33.9 Å². The summed E-state index contributed by atoms with van der Waals surface area (Å²) >= 11 is 1.75. The first-order valence-electron chi connectivity index (χ1n) is 8.87. The van der Waals surface area contributed by atoms with Crippen molar-refractivity contribution in [2.24, 2.45) is 5.10 Å². The lowest BCUT2D eigenvalue weighted by Gasteiger charge is -2.13. The number of hydrogen-bond donors (Lipinski definition) is 1. The quantitative estimate of drug-likeness (QED) is 0.380. The standard InChI is InChI=1S/C20H24N4O2S/c1-13-12-17(15(3)27-13)14(2)22-23-20-21-18-9-6-5-8-16(18)19(25)24(20)10-7-11-26-4/h5-6,8-9,12H,7,10-11H2,1-4H3,(H,21,23)/b22-14-. The molecule has 0 fully saturated rings. The molecule has 2 aromatic heterocycles. The third kappa shape index (κ3) is 4.26. The lowest BCUT2D eigenvalue weighted by Crippen LogP contribution is -2.25. The second kappa shape index (κ2) is 8.45. The second-order valence-electron chi connectivity index (χ2n) is 6.39. The van der Waals surface area contributed by atoms with Crippen LogP contribution in [0.25, 0.3) is 10.9 Å². The van der Waals surface area contributed by atoms with E-state index in [9.17, 15) is 4.79 Å². The molecule has 0 saturated heterocycles. The number of thiophene rings is 1. The van der Waals surface area contributed by atoms with Gasteiger partial charge in [-0.05, 0) is 45.4 Å². The number of benzene rings is 1. The monoisotopic (exact) mass is 384 g/mol. The fraction of sp³-hybridized carbons (Fsp3) is 0.350. The number of nitrogens with one attached hydrogen (secondary N) is 1. The van der Waals surface area contributed by atoms with E-state index in [-0.39, 0.29) is 5.56 Å². The van der Waals surface area contributed by atoms with Gasteiger partial charge in [-0.1, -0.05) is 12.1 Å². The molecule has 2 heterocycles. The molecule has 6 nitrogen and oxygen atoms in total. The van der Waals surface area contributed by atoms with E-state index in [0.29, 0.717) is 30.0 Å². The third-order valence-electron chi connectivity index (χ3n) is 4.35. The van der Waals surface area contributed by atoms with Crippen molar-refractivity contribution in [3.05, 3.63) is 56.0 Å². The van der Waals surface area contributed by atoms with Crippen LogP contribution < -0.4 is 11.0 Å². The van der Waals surface area contributed by atoms with Gasteiger partial charge in [0, 0.05) is 35.6 Å². The highest BCUT2D eigenvalue weighted by atomic mass is 32.1. The van der Waals surface area contributed by atoms with Crippen LogP contribution in [0.3, 0.4) is 0 Å². The van der Waals surface area contributed by atoms with Crippen LogP contribution in [0.15, 0.2) is 40.2 Å². The van der Waals surface area contributed by atoms with Crippen molar-refractivity contribution < 1.29 is 4.74 Å². The molecule has 3 rings (SSSR count). The maximum Gasteiger partial charge on any atom is 0.262 e. The van der Waals surface area contributed by atoms with Crippen LogP contribution in [0.5, 0.6) is 0 Å². The number of nitrogens with zero attached hydrogens (tertiary/aromatic N) is 3. The Morgan fingerprint density at radius 3 is 2.81 bits per heavy atom. The van der Waals surface area contributed by atoms with Crippen LogP contribution in [0.2, 0.25) is 0 Å². The maximum atomic E-state index is 12.9. The van der Waals surface area contributed by atoms with Crippen LogP contribution in [0, 0.1) is 13.8 Å². The molecule has 1 aromatic carbocycles.